The van der Waals surface area contributed by atoms with Gasteiger partial charge in [-0.15, -0.1) is 24.0 Å². The number of benzene rings is 1. The first-order valence-electron chi connectivity index (χ1n) is 10.2. The maximum atomic E-state index is 5.64. The van der Waals surface area contributed by atoms with Crippen molar-refractivity contribution < 1.29 is 4.74 Å². The Hall–Kier alpha value is -1.02. The number of ether oxygens (including phenoxy) is 1. The number of aliphatic imine (C=N–C) groups is 1. The van der Waals surface area contributed by atoms with Gasteiger partial charge in [0.15, 0.2) is 5.96 Å². The number of likely N-dealkylation sites (tertiary alicyclic amines) is 1. The fraction of sp³-hybridized carbons (Fsp3) is 0.667. The van der Waals surface area contributed by atoms with Crippen LogP contribution in [0.3, 0.4) is 0 Å². The van der Waals surface area contributed by atoms with Gasteiger partial charge in [-0.3, -0.25) is 9.89 Å². The van der Waals surface area contributed by atoms with Gasteiger partial charge in [-0.25, -0.2) is 0 Å². The van der Waals surface area contributed by atoms with E-state index >= 15 is 0 Å². The summed E-state index contributed by atoms with van der Waals surface area (Å²) in [6.07, 6.45) is 9.08. The summed E-state index contributed by atoms with van der Waals surface area (Å²) in [5.41, 5.74) is 1.26. The van der Waals surface area contributed by atoms with Gasteiger partial charge in [0.1, 0.15) is 5.75 Å². The van der Waals surface area contributed by atoms with E-state index in [1.54, 1.807) is 7.11 Å². The number of para-hydroxylation sites is 1. The third-order valence-electron chi connectivity index (χ3n) is 5.71. The lowest BCUT2D eigenvalue weighted by atomic mass is 9.96. The summed E-state index contributed by atoms with van der Waals surface area (Å²) in [4.78, 5) is 7.03. The molecule has 1 heterocycles. The van der Waals surface area contributed by atoms with Crippen molar-refractivity contribution in [1.29, 1.82) is 0 Å². The molecule has 1 saturated carbocycles. The Morgan fingerprint density at radius 2 is 1.85 bits per heavy atom. The largest absolute Gasteiger partial charge is 0.496 e. The second-order valence-electron chi connectivity index (χ2n) is 7.43. The van der Waals surface area contributed by atoms with E-state index in [-0.39, 0.29) is 24.0 Å². The maximum absolute atomic E-state index is 5.64. The van der Waals surface area contributed by atoms with Crippen molar-refractivity contribution in [3.05, 3.63) is 29.8 Å². The van der Waals surface area contributed by atoms with Crippen LogP contribution in [0.4, 0.5) is 0 Å². The Morgan fingerprint density at radius 3 is 2.52 bits per heavy atom. The van der Waals surface area contributed by atoms with Crippen molar-refractivity contribution in [2.24, 2.45) is 4.99 Å². The number of guanidine groups is 1. The molecule has 1 atom stereocenters. The first-order valence-corrected chi connectivity index (χ1v) is 10.2. The highest BCUT2D eigenvalue weighted by molar-refractivity contribution is 14.0. The lowest BCUT2D eigenvalue weighted by Crippen LogP contribution is -2.46. The van der Waals surface area contributed by atoms with Crippen molar-refractivity contribution in [3.63, 3.8) is 0 Å². The van der Waals surface area contributed by atoms with E-state index < -0.39 is 0 Å². The van der Waals surface area contributed by atoms with Crippen LogP contribution in [0, 0.1) is 0 Å². The monoisotopic (exact) mass is 486 g/mol. The summed E-state index contributed by atoms with van der Waals surface area (Å²) in [5, 5.41) is 7.21. The Morgan fingerprint density at radius 1 is 1.15 bits per heavy atom. The molecule has 3 rings (SSSR count). The van der Waals surface area contributed by atoms with Crippen LogP contribution in [0.25, 0.3) is 0 Å². The third-order valence-corrected chi connectivity index (χ3v) is 5.71. The maximum Gasteiger partial charge on any atom is 0.191 e. The zero-order chi connectivity index (χ0) is 18.2. The molecular weight excluding hydrogens is 451 g/mol. The Kier molecular flexibility index (Phi) is 9.68. The molecule has 2 aliphatic rings. The van der Waals surface area contributed by atoms with Gasteiger partial charge in [0.2, 0.25) is 0 Å². The van der Waals surface area contributed by atoms with Crippen LogP contribution in [0.1, 0.15) is 56.6 Å². The second kappa shape index (κ2) is 11.7. The van der Waals surface area contributed by atoms with Crippen molar-refractivity contribution in [1.82, 2.24) is 15.5 Å². The summed E-state index contributed by atoms with van der Waals surface area (Å²) in [7, 11) is 3.63. The highest BCUT2D eigenvalue weighted by Crippen LogP contribution is 2.31. The average molecular weight is 486 g/mol. The molecule has 1 aliphatic heterocycles. The molecule has 0 amide bonds. The van der Waals surface area contributed by atoms with Crippen molar-refractivity contribution in [3.8, 4) is 5.75 Å². The molecule has 0 radical (unpaired) electrons. The van der Waals surface area contributed by atoms with E-state index in [2.05, 4.69) is 38.7 Å². The summed E-state index contributed by atoms with van der Waals surface area (Å²) >= 11 is 0. The van der Waals surface area contributed by atoms with Crippen molar-refractivity contribution in [2.75, 3.05) is 33.8 Å². The van der Waals surface area contributed by atoms with Crippen LogP contribution in [0.15, 0.2) is 29.3 Å². The van der Waals surface area contributed by atoms with Gasteiger partial charge in [0.05, 0.1) is 13.2 Å². The number of nitrogens with one attached hydrogen (secondary N) is 2. The average Bonchev–Trinajstić information content (AvgIpc) is 3.23. The SMILES string of the molecule is CN=C(NCC(c1ccccc1OC)N1CCCC1)NC1CCCCC1.I. The zero-order valence-corrected chi connectivity index (χ0v) is 19.1. The minimum atomic E-state index is 0. The Labute approximate surface area is 181 Å². The van der Waals surface area contributed by atoms with Gasteiger partial charge in [-0.05, 0) is 44.8 Å². The Balaban J connectivity index is 0.00000261. The van der Waals surface area contributed by atoms with E-state index in [9.17, 15) is 0 Å². The van der Waals surface area contributed by atoms with Gasteiger partial charge in [0, 0.05) is 25.2 Å². The van der Waals surface area contributed by atoms with Gasteiger partial charge in [0.25, 0.3) is 0 Å². The molecule has 1 aromatic rings. The fourth-order valence-corrected chi connectivity index (χ4v) is 4.26. The van der Waals surface area contributed by atoms with Crippen LogP contribution in [-0.2, 0) is 0 Å². The van der Waals surface area contributed by atoms with Gasteiger partial charge >= 0.3 is 0 Å². The summed E-state index contributed by atoms with van der Waals surface area (Å²) < 4.78 is 5.64. The summed E-state index contributed by atoms with van der Waals surface area (Å²) in [6, 6.07) is 9.27. The topological polar surface area (TPSA) is 48.9 Å². The molecule has 1 saturated heterocycles. The zero-order valence-electron chi connectivity index (χ0n) is 16.7. The number of nitrogens with zero attached hydrogens (tertiary/aromatic N) is 2. The van der Waals surface area contributed by atoms with Gasteiger partial charge < -0.3 is 15.4 Å². The molecule has 0 aromatic heterocycles. The molecule has 1 aliphatic carbocycles. The van der Waals surface area contributed by atoms with Crippen LogP contribution >= 0.6 is 24.0 Å². The molecule has 0 spiro atoms. The van der Waals surface area contributed by atoms with Crippen LogP contribution in [0.5, 0.6) is 5.75 Å². The van der Waals surface area contributed by atoms with Crippen LogP contribution < -0.4 is 15.4 Å². The molecule has 2 fully saturated rings. The number of halogens is 1. The summed E-state index contributed by atoms with van der Waals surface area (Å²) in [5.74, 6) is 1.90. The van der Waals surface area contributed by atoms with E-state index in [1.165, 1.54) is 50.5 Å². The smallest absolute Gasteiger partial charge is 0.191 e. The van der Waals surface area contributed by atoms with Gasteiger partial charge in [-0.2, -0.15) is 0 Å². The summed E-state index contributed by atoms with van der Waals surface area (Å²) in [6.45, 7) is 3.14. The number of hydrogen-bond acceptors (Lipinski definition) is 3. The standard InChI is InChI=1S/C21H34N4O.HI/c1-22-21(24-17-10-4-3-5-11-17)23-16-19(25-14-8-9-15-25)18-12-6-7-13-20(18)26-2;/h6-7,12-13,17,19H,3-5,8-11,14-16H2,1-2H3,(H2,22,23,24);1H. The molecule has 5 nitrogen and oxygen atoms in total. The molecule has 1 unspecified atom stereocenters. The number of methoxy groups -OCH3 is 1. The van der Waals surface area contributed by atoms with Crippen LogP contribution in [-0.4, -0.2) is 50.7 Å². The van der Waals surface area contributed by atoms with E-state index in [4.69, 9.17) is 4.74 Å². The minimum Gasteiger partial charge on any atom is -0.496 e. The Bertz CT molecular complexity index is 583. The van der Waals surface area contributed by atoms with Crippen molar-refractivity contribution in [2.45, 2.75) is 57.0 Å². The highest BCUT2D eigenvalue weighted by atomic mass is 127. The number of rotatable bonds is 6. The molecule has 1 aromatic carbocycles. The molecule has 27 heavy (non-hydrogen) atoms. The molecule has 152 valence electrons. The minimum absolute atomic E-state index is 0. The quantitative estimate of drug-likeness (QED) is 0.363. The molecule has 2 N–H and O–H groups in total. The fourth-order valence-electron chi connectivity index (χ4n) is 4.26. The second-order valence-corrected chi connectivity index (χ2v) is 7.43. The molecule has 0 bridgehead atoms. The third kappa shape index (κ3) is 6.24. The lowest BCUT2D eigenvalue weighted by Gasteiger charge is -2.31. The normalized spacial score (nSPS) is 20.0. The predicted octanol–water partition coefficient (Wildman–Crippen LogP) is 3.95. The molecular formula is C21H35IN4O. The number of hydrogen-bond donors (Lipinski definition) is 2. The first-order chi connectivity index (χ1) is 12.8. The lowest BCUT2D eigenvalue weighted by molar-refractivity contribution is 0.239. The predicted molar refractivity (Wildman–Crippen MR) is 123 cm³/mol. The van der Waals surface area contributed by atoms with E-state index in [0.717, 1.165) is 31.3 Å². The van der Waals surface area contributed by atoms with E-state index in [1.807, 2.05) is 13.1 Å². The van der Waals surface area contributed by atoms with Crippen LogP contribution in [0.2, 0.25) is 0 Å². The van der Waals surface area contributed by atoms with Crippen molar-refractivity contribution >= 4 is 29.9 Å². The van der Waals surface area contributed by atoms with Gasteiger partial charge in [-0.1, -0.05) is 37.5 Å². The molecule has 6 heteroatoms. The highest BCUT2D eigenvalue weighted by Gasteiger charge is 2.26. The first kappa shape index (κ1) is 22.3. The van der Waals surface area contributed by atoms with E-state index in [0.29, 0.717) is 12.1 Å².